The Bertz CT molecular complexity index is 349. The first-order valence-corrected chi connectivity index (χ1v) is 9.56. The van der Waals surface area contributed by atoms with Crippen LogP contribution in [0.25, 0.3) is 0 Å². The van der Waals surface area contributed by atoms with Gasteiger partial charge in [0, 0.05) is 31.5 Å². The third-order valence-electron chi connectivity index (χ3n) is 3.13. The number of rotatable bonds is 7. The Hall–Kier alpha value is 0.310. The van der Waals surface area contributed by atoms with E-state index in [2.05, 4.69) is 20.8 Å². The summed E-state index contributed by atoms with van der Waals surface area (Å²) in [6, 6.07) is 0. The molecule has 0 spiro atoms. The first-order chi connectivity index (χ1) is 8.95. The van der Waals surface area contributed by atoms with Crippen molar-refractivity contribution >= 4 is 26.0 Å². The maximum absolute atomic E-state index is 12.2. The lowest BCUT2D eigenvalue weighted by molar-refractivity contribution is 0.0907. The van der Waals surface area contributed by atoms with Crippen LogP contribution in [0.2, 0.25) is 0 Å². The standard InChI is InChI=1S/C12H25BrN2O3S/c1-12(2)18-10-11-19(16,17)15-6-3-5-14(7-4-13)8-9-15/h12H,3-11H2,1-2H3. The molecule has 0 aromatic rings. The second kappa shape index (κ2) is 8.56. The van der Waals surface area contributed by atoms with Gasteiger partial charge in [-0.2, -0.15) is 0 Å². The van der Waals surface area contributed by atoms with Crippen molar-refractivity contribution in [2.45, 2.75) is 26.4 Å². The molecule has 0 amide bonds. The average molecular weight is 357 g/mol. The largest absolute Gasteiger partial charge is 0.378 e. The molecule has 0 atom stereocenters. The Morgan fingerprint density at radius 3 is 2.58 bits per heavy atom. The highest BCUT2D eigenvalue weighted by atomic mass is 79.9. The summed E-state index contributed by atoms with van der Waals surface area (Å²) in [5, 5.41) is 0.933. The molecule has 0 radical (unpaired) electrons. The van der Waals surface area contributed by atoms with Crippen LogP contribution in [0.15, 0.2) is 0 Å². The molecule has 0 bridgehead atoms. The molecule has 1 saturated heterocycles. The van der Waals surface area contributed by atoms with Crippen molar-refractivity contribution in [2.24, 2.45) is 0 Å². The number of ether oxygens (including phenoxy) is 1. The van der Waals surface area contributed by atoms with Gasteiger partial charge in [-0.05, 0) is 26.8 Å². The lowest BCUT2D eigenvalue weighted by atomic mass is 10.4. The fraction of sp³-hybridized carbons (Fsp3) is 1.00. The number of hydrogen-bond donors (Lipinski definition) is 0. The summed E-state index contributed by atoms with van der Waals surface area (Å²) in [5.74, 6) is 0.0869. The minimum atomic E-state index is -3.17. The number of alkyl halides is 1. The number of halogens is 1. The van der Waals surface area contributed by atoms with Crippen LogP contribution in [0.1, 0.15) is 20.3 Å². The smallest absolute Gasteiger partial charge is 0.216 e. The van der Waals surface area contributed by atoms with Crippen molar-refractivity contribution < 1.29 is 13.2 Å². The van der Waals surface area contributed by atoms with E-state index in [0.717, 1.165) is 31.4 Å². The highest BCUT2D eigenvalue weighted by Gasteiger charge is 2.24. The van der Waals surface area contributed by atoms with E-state index in [1.165, 1.54) is 0 Å². The molecule has 1 rings (SSSR count). The Kier molecular flexibility index (Phi) is 7.83. The van der Waals surface area contributed by atoms with Crippen molar-refractivity contribution in [3.8, 4) is 0 Å². The van der Waals surface area contributed by atoms with E-state index in [1.54, 1.807) is 4.31 Å². The molecule has 19 heavy (non-hydrogen) atoms. The maximum Gasteiger partial charge on any atom is 0.216 e. The summed E-state index contributed by atoms with van der Waals surface area (Å²) < 4.78 is 31.4. The molecule has 0 aliphatic carbocycles. The zero-order chi connectivity index (χ0) is 14.3. The topological polar surface area (TPSA) is 49.9 Å². The maximum atomic E-state index is 12.2. The van der Waals surface area contributed by atoms with Crippen molar-refractivity contribution in [2.75, 3.05) is 50.4 Å². The van der Waals surface area contributed by atoms with Gasteiger partial charge >= 0.3 is 0 Å². The van der Waals surface area contributed by atoms with Crippen LogP contribution in [0.4, 0.5) is 0 Å². The SMILES string of the molecule is CC(C)OCCS(=O)(=O)N1CCCN(CCBr)CC1. The van der Waals surface area contributed by atoms with E-state index in [0.29, 0.717) is 13.1 Å². The monoisotopic (exact) mass is 356 g/mol. The second-order valence-corrected chi connectivity index (χ2v) is 7.90. The summed E-state index contributed by atoms with van der Waals surface area (Å²) in [7, 11) is -3.17. The van der Waals surface area contributed by atoms with Gasteiger partial charge < -0.3 is 9.64 Å². The number of nitrogens with zero attached hydrogens (tertiary/aromatic N) is 2. The average Bonchev–Trinajstić information content (AvgIpc) is 2.55. The molecular formula is C12H25BrN2O3S. The Balaban J connectivity index is 2.45. The van der Waals surface area contributed by atoms with Crippen LogP contribution in [0, 0.1) is 0 Å². The molecule has 114 valence electrons. The Labute approximate surface area is 125 Å². The van der Waals surface area contributed by atoms with Gasteiger partial charge in [0.05, 0.1) is 18.5 Å². The van der Waals surface area contributed by atoms with E-state index < -0.39 is 10.0 Å². The summed E-state index contributed by atoms with van der Waals surface area (Å²) in [4.78, 5) is 2.30. The predicted octanol–water partition coefficient (Wildman–Crippen LogP) is 1.14. The first-order valence-electron chi connectivity index (χ1n) is 6.83. The molecule has 0 N–H and O–H groups in total. The fourth-order valence-corrected chi connectivity index (χ4v) is 3.92. The molecule has 1 aliphatic rings. The highest BCUT2D eigenvalue weighted by Crippen LogP contribution is 2.09. The number of hydrogen-bond acceptors (Lipinski definition) is 4. The van der Waals surface area contributed by atoms with Crippen molar-refractivity contribution in [1.82, 2.24) is 9.21 Å². The summed E-state index contributed by atoms with van der Waals surface area (Å²) >= 11 is 3.42. The van der Waals surface area contributed by atoms with E-state index in [-0.39, 0.29) is 18.5 Å². The van der Waals surface area contributed by atoms with Crippen molar-refractivity contribution in [3.63, 3.8) is 0 Å². The van der Waals surface area contributed by atoms with Gasteiger partial charge in [0.15, 0.2) is 0 Å². The zero-order valence-electron chi connectivity index (χ0n) is 11.8. The van der Waals surface area contributed by atoms with Crippen LogP contribution >= 0.6 is 15.9 Å². The molecule has 0 aromatic heterocycles. The summed E-state index contributed by atoms with van der Waals surface area (Å²) in [6.45, 7) is 8.09. The zero-order valence-corrected chi connectivity index (χ0v) is 14.2. The van der Waals surface area contributed by atoms with Crippen LogP contribution in [0.3, 0.4) is 0 Å². The van der Waals surface area contributed by atoms with Gasteiger partial charge in [-0.3, -0.25) is 0 Å². The predicted molar refractivity (Wildman–Crippen MR) is 81.3 cm³/mol. The van der Waals surface area contributed by atoms with E-state index in [9.17, 15) is 8.42 Å². The van der Waals surface area contributed by atoms with Gasteiger partial charge in [-0.15, -0.1) is 0 Å². The minimum absolute atomic E-state index is 0.0776. The molecule has 0 saturated carbocycles. The summed E-state index contributed by atoms with van der Waals surface area (Å²) in [6.07, 6.45) is 0.978. The lowest BCUT2D eigenvalue weighted by Gasteiger charge is -2.21. The normalized spacial score (nSPS) is 19.8. The molecule has 7 heteroatoms. The van der Waals surface area contributed by atoms with Gasteiger partial charge in [-0.25, -0.2) is 12.7 Å². The van der Waals surface area contributed by atoms with Crippen LogP contribution in [-0.2, 0) is 14.8 Å². The molecule has 1 heterocycles. The van der Waals surface area contributed by atoms with Crippen LogP contribution in [-0.4, -0.2) is 74.1 Å². The quantitative estimate of drug-likeness (QED) is 0.642. The molecule has 1 aliphatic heterocycles. The molecule has 5 nitrogen and oxygen atoms in total. The lowest BCUT2D eigenvalue weighted by Crippen LogP contribution is -2.38. The van der Waals surface area contributed by atoms with Gasteiger partial charge in [-0.1, -0.05) is 15.9 Å². The van der Waals surface area contributed by atoms with Crippen molar-refractivity contribution in [3.05, 3.63) is 0 Å². The van der Waals surface area contributed by atoms with Gasteiger partial charge in [0.25, 0.3) is 0 Å². The fourth-order valence-electron chi connectivity index (χ4n) is 2.09. The minimum Gasteiger partial charge on any atom is -0.378 e. The molecule has 0 unspecified atom stereocenters. The number of sulfonamides is 1. The summed E-state index contributed by atoms with van der Waals surface area (Å²) in [5.41, 5.74) is 0. The second-order valence-electron chi connectivity index (χ2n) is 5.02. The highest BCUT2D eigenvalue weighted by molar-refractivity contribution is 9.09. The van der Waals surface area contributed by atoms with E-state index >= 15 is 0 Å². The van der Waals surface area contributed by atoms with Crippen LogP contribution in [0.5, 0.6) is 0 Å². The van der Waals surface area contributed by atoms with Crippen LogP contribution < -0.4 is 0 Å². The van der Waals surface area contributed by atoms with Gasteiger partial charge in [0.2, 0.25) is 10.0 Å². The molecule has 1 fully saturated rings. The van der Waals surface area contributed by atoms with E-state index in [1.807, 2.05) is 13.8 Å². The third kappa shape index (κ3) is 6.53. The first kappa shape index (κ1) is 17.4. The van der Waals surface area contributed by atoms with Gasteiger partial charge in [0.1, 0.15) is 0 Å². The molecule has 0 aromatic carbocycles. The Morgan fingerprint density at radius 2 is 1.95 bits per heavy atom. The Morgan fingerprint density at radius 1 is 1.21 bits per heavy atom. The van der Waals surface area contributed by atoms with E-state index in [4.69, 9.17) is 4.74 Å². The third-order valence-corrected chi connectivity index (χ3v) is 5.32. The molecular weight excluding hydrogens is 332 g/mol. The van der Waals surface area contributed by atoms with Crippen molar-refractivity contribution in [1.29, 1.82) is 0 Å².